The van der Waals surface area contributed by atoms with E-state index in [0.717, 1.165) is 12.3 Å². The third-order valence-corrected chi connectivity index (χ3v) is 3.58. The summed E-state index contributed by atoms with van der Waals surface area (Å²) in [5.41, 5.74) is 0.669. The van der Waals surface area contributed by atoms with Crippen LogP contribution in [0.15, 0.2) is 12.4 Å². The lowest BCUT2D eigenvalue weighted by molar-refractivity contribution is -0.116. The highest BCUT2D eigenvalue weighted by Gasteiger charge is 2.16. The molecule has 1 aliphatic rings. The molecule has 1 heterocycles. The van der Waals surface area contributed by atoms with Crippen molar-refractivity contribution in [3.63, 3.8) is 0 Å². The lowest BCUT2D eigenvalue weighted by atomic mass is 10.0. The average Bonchev–Trinajstić information content (AvgIpc) is 2.90. The molecule has 0 aliphatic heterocycles. The van der Waals surface area contributed by atoms with Crippen LogP contribution in [-0.2, 0) is 4.79 Å². The zero-order valence-electron chi connectivity index (χ0n) is 11.7. The highest BCUT2D eigenvalue weighted by Crippen LogP contribution is 2.28. The van der Waals surface area contributed by atoms with Gasteiger partial charge in [0, 0.05) is 20.5 Å². The summed E-state index contributed by atoms with van der Waals surface area (Å²) >= 11 is 0. The lowest BCUT2D eigenvalue weighted by Crippen LogP contribution is -2.15. The minimum atomic E-state index is 0.0631. The van der Waals surface area contributed by atoms with Crippen LogP contribution in [0.1, 0.15) is 38.5 Å². The standard InChI is InChI=1S/C14H22N4O/c1-18(2)14-15-9-12(10-16-14)17-13(19)8-7-11-5-3-4-6-11/h9-11H,3-8H2,1-2H3,(H,17,19). The van der Waals surface area contributed by atoms with Gasteiger partial charge >= 0.3 is 0 Å². The monoisotopic (exact) mass is 262 g/mol. The van der Waals surface area contributed by atoms with Crippen LogP contribution in [0.2, 0.25) is 0 Å². The SMILES string of the molecule is CN(C)c1ncc(NC(=O)CCC2CCCC2)cn1. The molecule has 0 aromatic carbocycles. The van der Waals surface area contributed by atoms with E-state index in [1.165, 1.54) is 25.7 Å². The molecule has 1 aliphatic carbocycles. The Labute approximate surface area is 114 Å². The molecule has 5 heteroatoms. The number of aromatic nitrogens is 2. The van der Waals surface area contributed by atoms with Crippen molar-refractivity contribution in [2.75, 3.05) is 24.3 Å². The van der Waals surface area contributed by atoms with Crippen molar-refractivity contribution in [1.29, 1.82) is 0 Å². The molecule has 0 saturated heterocycles. The van der Waals surface area contributed by atoms with Crippen LogP contribution >= 0.6 is 0 Å². The largest absolute Gasteiger partial charge is 0.347 e. The maximum atomic E-state index is 11.8. The molecule has 1 saturated carbocycles. The second-order valence-corrected chi connectivity index (χ2v) is 5.40. The smallest absolute Gasteiger partial charge is 0.224 e. The van der Waals surface area contributed by atoms with Crippen LogP contribution < -0.4 is 10.2 Å². The molecule has 1 fully saturated rings. The quantitative estimate of drug-likeness (QED) is 0.885. The van der Waals surface area contributed by atoms with Gasteiger partial charge in [-0.1, -0.05) is 25.7 Å². The van der Waals surface area contributed by atoms with Gasteiger partial charge in [-0.3, -0.25) is 4.79 Å². The predicted octanol–water partition coefficient (Wildman–Crippen LogP) is 2.45. The van der Waals surface area contributed by atoms with Gasteiger partial charge in [-0.2, -0.15) is 0 Å². The van der Waals surface area contributed by atoms with Gasteiger partial charge in [0.25, 0.3) is 0 Å². The summed E-state index contributed by atoms with van der Waals surface area (Å²) in [5, 5.41) is 2.85. The summed E-state index contributed by atoms with van der Waals surface area (Å²) in [6, 6.07) is 0. The van der Waals surface area contributed by atoms with E-state index in [1.807, 2.05) is 19.0 Å². The molecule has 2 rings (SSSR count). The molecule has 1 amide bonds. The number of amides is 1. The minimum Gasteiger partial charge on any atom is -0.347 e. The highest BCUT2D eigenvalue weighted by atomic mass is 16.1. The van der Waals surface area contributed by atoms with E-state index < -0.39 is 0 Å². The molecule has 0 bridgehead atoms. The van der Waals surface area contributed by atoms with Crippen LogP contribution in [-0.4, -0.2) is 30.0 Å². The second-order valence-electron chi connectivity index (χ2n) is 5.40. The number of hydrogen-bond donors (Lipinski definition) is 1. The third kappa shape index (κ3) is 4.19. The fourth-order valence-electron chi connectivity index (χ4n) is 2.47. The van der Waals surface area contributed by atoms with Gasteiger partial charge in [0.2, 0.25) is 11.9 Å². The Kier molecular flexibility index (Phi) is 4.71. The Morgan fingerprint density at radius 1 is 1.32 bits per heavy atom. The van der Waals surface area contributed by atoms with E-state index in [1.54, 1.807) is 12.4 Å². The Hall–Kier alpha value is -1.65. The molecular formula is C14H22N4O. The number of hydrogen-bond acceptors (Lipinski definition) is 4. The second kappa shape index (κ2) is 6.50. The van der Waals surface area contributed by atoms with E-state index in [9.17, 15) is 4.79 Å². The predicted molar refractivity (Wildman–Crippen MR) is 76.2 cm³/mol. The maximum Gasteiger partial charge on any atom is 0.224 e. The molecular weight excluding hydrogens is 240 g/mol. The van der Waals surface area contributed by atoms with Gasteiger partial charge in [-0.05, 0) is 12.3 Å². The van der Waals surface area contributed by atoms with Crippen LogP contribution in [0.25, 0.3) is 0 Å². The van der Waals surface area contributed by atoms with Gasteiger partial charge in [-0.25, -0.2) is 9.97 Å². The number of carbonyl (C=O) groups excluding carboxylic acids is 1. The van der Waals surface area contributed by atoms with Crippen molar-refractivity contribution in [3.05, 3.63) is 12.4 Å². The van der Waals surface area contributed by atoms with Crippen LogP contribution in [0.5, 0.6) is 0 Å². The number of nitrogens with zero attached hydrogens (tertiary/aromatic N) is 3. The van der Waals surface area contributed by atoms with Gasteiger partial charge in [0.1, 0.15) is 0 Å². The van der Waals surface area contributed by atoms with E-state index >= 15 is 0 Å². The Morgan fingerprint density at radius 2 is 1.95 bits per heavy atom. The van der Waals surface area contributed by atoms with Gasteiger partial charge in [0.15, 0.2) is 0 Å². The summed E-state index contributed by atoms with van der Waals surface area (Å²) in [7, 11) is 3.77. The molecule has 104 valence electrons. The Morgan fingerprint density at radius 3 is 2.53 bits per heavy atom. The van der Waals surface area contributed by atoms with Gasteiger partial charge in [0.05, 0.1) is 18.1 Å². The number of rotatable bonds is 5. The Balaban J connectivity index is 1.77. The van der Waals surface area contributed by atoms with E-state index in [-0.39, 0.29) is 5.91 Å². The van der Waals surface area contributed by atoms with Crippen molar-refractivity contribution >= 4 is 17.5 Å². The third-order valence-electron chi connectivity index (χ3n) is 3.58. The molecule has 19 heavy (non-hydrogen) atoms. The van der Waals surface area contributed by atoms with Gasteiger partial charge < -0.3 is 10.2 Å². The van der Waals surface area contributed by atoms with Crippen molar-refractivity contribution < 1.29 is 4.79 Å². The van der Waals surface area contributed by atoms with Crippen LogP contribution in [0.4, 0.5) is 11.6 Å². The first-order valence-corrected chi connectivity index (χ1v) is 6.94. The van der Waals surface area contributed by atoms with Gasteiger partial charge in [-0.15, -0.1) is 0 Å². The summed E-state index contributed by atoms with van der Waals surface area (Å²) in [6.45, 7) is 0. The topological polar surface area (TPSA) is 58.1 Å². The summed E-state index contributed by atoms with van der Waals surface area (Å²) < 4.78 is 0. The maximum absolute atomic E-state index is 11.8. The lowest BCUT2D eigenvalue weighted by Gasteiger charge is -2.11. The summed E-state index contributed by atoms with van der Waals surface area (Å²) in [4.78, 5) is 22.0. The van der Waals surface area contributed by atoms with Crippen molar-refractivity contribution in [1.82, 2.24) is 9.97 Å². The first kappa shape index (κ1) is 13.8. The van der Waals surface area contributed by atoms with Crippen molar-refractivity contribution in [2.45, 2.75) is 38.5 Å². The molecule has 1 aromatic rings. The summed E-state index contributed by atoms with van der Waals surface area (Å²) in [6.07, 6.45) is 10.1. The van der Waals surface area contributed by atoms with E-state index in [0.29, 0.717) is 18.1 Å². The fraction of sp³-hybridized carbons (Fsp3) is 0.643. The van der Waals surface area contributed by atoms with E-state index in [4.69, 9.17) is 0 Å². The van der Waals surface area contributed by atoms with Crippen LogP contribution in [0, 0.1) is 5.92 Å². The first-order chi connectivity index (χ1) is 9.15. The molecule has 0 radical (unpaired) electrons. The molecule has 1 aromatic heterocycles. The number of nitrogens with one attached hydrogen (secondary N) is 1. The first-order valence-electron chi connectivity index (χ1n) is 6.94. The summed E-state index contributed by atoms with van der Waals surface area (Å²) in [5.74, 6) is 1.45. The normalized spacial score (nSPS) is 15.5. The highest BCUT2D eigenvalue weighted by molar-refractivity contribution is 5.90. The van der Waals surface area contributed by atoms with Crippen molar-refractivity contribution in [2.24, 2.45) is 5.92 Å². The molecule has 0 atom stereocenters. The molecule has 0 unspecified atom stereocenters. The average molecular weight is 262 g/mol. The fourth-order valence-corrected chi connectivity index (χ4v) is 2.47. The zero-order valence-corrected chi connectivity index (χ0v) is 11.7. The van der Waals surface area contributed by atoms with Crippen molar-refractivity contribution in [3.8, 4) is 0 Å². The van der Waals surface area contributed by atoms with E-state index in [2.05, 4.69) is 15.3 Å². The zero-order chi connectivity index (χ0) is 13.7. The minimum absolute atomic E-state index is 0.0631. The number of carbonyl (C=O) groups is 1. The van der Waals surface area contributed by atoms with Crippen LogP contribution in [0.3, 0.4) is 0 Å². The molecule has 1 N–H and O–H groups in total. The molecule has 0 spiro atoms. The molecule has 5 nitrogen and oxygen atoms in total. The number of anilines is 2. The Bertz CT molecular complexity index is 410.